The Balaban J connectivity index is 1.52. The molecular formula is C24H24N4O3. The molecule has 0 atom stereocenters. The average Bonchev–Trinajstić information content (AvgIpc) is 2.78. The van der Waals surface area contributed by atoms with E-state index in [9.17, 15) is 9.59 Å². The van der Waals surface area contributed by atoms with E-state index >= 15 is 0 Å². The molecule has 0 heterocycles. The fourth-order valence-corrected chi connectivity index (χ4v) is 2.74. The Hall–Kier alpha value is -4.13. The number of anilines is 2. The summed E-state index contributed by atoms with van der Waals surface area (Å²) in [6, 6.07) is 21.3. The predicted molar refractivity (Wildman–Crippen MR) is 122 cm³/mol. The molecule has 3 rings (SSSR count). The SMILES string of the molecule is C/C(=N/NC(=O)c1ccc(N)cc1)c1ccc(OCC(=O)Nc2ccccc2C)cc1. The number of nitrogens with one attached hydrogen (secondary N) is 2. The third kappa shape index (κ3) is 6.17. The molecule has 0 saturated heterocycles. The molecule has 7 heteroatoms. The molecule has 7 nitrogen and oxygen atoms in total. The summed E-state index contributed by atoms with van der Waals surface area (Å²) < 4.78 is 5.55. The van der Waals surface area contributed by atoms with Crippen molar-refractivity contribution < 1.29 is 14.3 Å². The molecule has 0 aromatic heterocycles. The van der Waals surface area contributed by atoms with Crippen LogP contribution in [0.1, 0.15) is 28.4 Å². The number of para-hydroxylation sites is 1. The van der Waals surface area contributed by atoms with Gasteiger partial charge < -0.3 is 15.8 Å². The van der Waals surface area contributed by atoms with Gasteiger partial charge in [0.25, 0.3) is 11.8 Å². The molecule has 0 saturated carbocycles. The van der Waals surface area contributed by atoms with Gasteiger partial charge in [0.1, 0.15) is 5.75 Å². The Bertz CT molecular complexity index is 1090. The number of rotatable bonds is 7. The predicted octanol–water partition coefficient (Wildman–Crippen LogP) is 3.75. The Kier molecular flexibility index (Phi) is 7.01. The molecule has 0 aliphatic carbocycles. The number of carbonyl (C=O) groups excluding carboxylic acids is 2. The number of hydrazone groups is 1. The van der Waals surface area contributed by atoms with Crippen LogP contribution < -0.4 is 21.2 Å². The van der Waals surface area contributed by atoms with Crippen LogP contribution in [-0.2, 0) is 4.79 Å². The zero-order chi connectivity index (χ0) is 22.2. The maximum atomic E-state index is 12.1. The van der Waals surface area contributed by atoms with Crippen LogP contribution in [0, 0.1) is 6.92 Å². The number of nitrogens with two attached hydrogens (primary N) is 1. The minimum absolute atomic E-state index is 0.0988. The van der Waals surface area contributed by atoms with E-state index in [-0.39, 0.29) is 18.4 Å². The topological polar surface area (TPSA) is 106 Å². The molecule has 0 fully saturated rings. The van der Waals surface area contributed by atoms with Crippen molar-refractivity contribution in [2.75, 3.05) is 17.7 Å². The molecule has 0 bridgehead atoms. The summed E-state index contributed by atoms with van der Waals surface area (Å²) in [5.41, 5.74) is 12.4. The van der Waals surface area contributed by atoms with Crippen molar-refractivity contribution in [1.29, 1.82) is 0 Å². The number of aryl methyl sites for hydroxylation is 1. The number of amides is 2. The molecule has 2 amide bonds. The van der Waals surface area contributed by atoms with E-state index in [1.807, 2.05) is 43.3 Å². The fourth-order valence-electron chi connectivity index (χ4n) is 2.74. The first-order valence-corrected chi connectivity index (χ1v) is 9.71. The van der Waals surface area contributed by atoms with Crippen molar-refractivity contribution in [2.24, 2.45) is 5.10 Å². The quantitative estimate of drug-likeness (QED) is 0.310. The van der Waals surface area contributed by atoms with Crippen LogP contribution in [0.3, 0.4) is 0 Å². The van der Waals surface area contributed by atoms with Crippen molar-refractivity contribution in [3.8, 4) is 5.75 Å². The smallest absolute Gasteiger partial charge is 0.271 e. The van der Waals surface area contributed by atoms with E-state index in [2.05, 4.69) is 15.8 Å². The van der Waals surface area contributed by atoms with Crippen molar-refractivity contribution in [1.82, 2.24) is 5.43 Å². The van der Waals surface area contributed by atoms with Crippen LogP contribution in [-0.4, -0.2) is 24.1 Å². The molecule has 158 valence electrons. The molecule has 0 unspecified atom stereocenters. The molecule has 3 aromatic rings. The number of nitrogens with zero attached hydrogens (tertiary/aromatic N) is 1. The number of carbonyl (C=O) groups is 2. The summed E-state index contributed by atoms with van der Waals surface area (Å²) in [4.78, 5) is 24.2. The minimum atomic E-state index is -0.320. The maximum absolute atomic E-state index is 12.1. The van der Waals surface area contributed by atoms with Crippen molar-refractivity contribution in [2.45, 2.75) is 13.8 Å². The largest absolute Gasteiger partial charge is 0.484 e. The third-order valence-electron chi connectivity index (χ3n) is 4.56. The standard InChI is InChI=1S/C24H24N4O3/c1-16-5-3-4-6-22(16)26-23(29)15-31-21-13-9-18(10-14-21)17(2)27-28-24(30)19-7-11-20(25)12-8-19/h3-14H,15,25H2,1-2H3,(H,26,29)(H,28,30)/b27-17-. The van der Waals surface area contributed by atoms with Crippen LogP contribution in [0.4, 0.5) is 11.4 Å². The Labute approximate surface area is 180 Å². The Morgan fingerprint density at radius 1 is 0.935 bits per heavy atom. The molecule has 31 heavy (non-hydrogen) atoms. The normalized spacial score (nSPS) is 11.0. The number of hydrogen-bond acceptors (Lipinski definition) is 5. The molecule has 0 aliphatic heterocycles. The van der Waals surface area contributed by atoms with Gasteiger partial charge in [0.15, 0.2) is 6.61 Å². The van der Waals surface area contributed by atoms with Gasteiger partial charge in [-0.1, -0.05) is 18.2 Å². The summed E-state index contributed by atoms with van der Waals surface area (Å²) in [6.07, 6.45) is 0. The van der Waals surface area contributed by atoms with Gasteiger partial charge in [0.05, 0.1) is 5.71 Å². The summed E-state index contributed by atoms with van der Waals surface area (Å²) >= 11 is 0. The van der Waals surface area contributed by atoms with E-state index in [0.717, 1.165) is 16.8 Å². The molecule has 0 spiro atoms. The second-order valence-corrected chi connectivity index (χ2v) is 6.94. The van der Waals surface area contributed by atoms with Crippen LogP contribution in [0.2, 0.25) is 0 Å². The van der Waals surface area contributed by atoms with Crippen LogP contribution >= 0.6 is 0 Å². The van der Waals surface area contributed by atoms with E-state index in [4.69, 9.17) is 10.5 Å². The maximum Gasteiger partial charge on any atom is 0.271 e. The number of ether oxygens (including phenoxy) is 1. The molecular weight excluding hydrogens is 392 g/mol. The summed E-state index contributed by atoms with van der Waals surface area (Å²) in [7, 11) is 0. The zero-order valence-corrected chi connectivity index (χ0v) is 17.4. The fraction of sp³-hybridized carbons (Fsp3) is 0.125. The Morgan fingerprint density at radius 3 is 2.26 bits per heavy atom. The lowest BCUT2D eigenvalue weighted by atomic mass is 10.1. The second-order valence-electron chi connectivity index (χ2n) is 6.94. The lowest BCUT2D eigenvalue weighted by Crippen LogP contribution is -2.20. The highest BCUT2D eigenvalue weighted by molar-refractivity contribution is 6.01. The molecule has 3 aromatic carbocycles. The van der Waals surface area contributed by atoms with E-state index in [1.165, 1.54) is 0 Å². The van der Waals surface area contributed by atoms with E-state index in [1.54, 1.807) is 43.3 Å². The van der Waals surface area contributed by atoms with Gasteiger partial charge >= 0.3 is 0 Å². The summed E-state index contributed by atoms with van der Waals surface area (Å²) in [6.45, 7) is 3.62. The van der Waals surface area contributed by atoms with Crippen LogP contribution in [0.25, 0.3) is 0 Å². The minimum Gasteiger partial charge on any atom is -0.484 e. The third-order valence-corrected chi connectivity index (χ3v) is 4.56. The highest BCUT2D eigenvalue weighted by Gasteiger charge is 2.07. The van der Waals surface area contributed by atoms with Crippen LogP contribution in [0.15, 0.2) is 77.9 Å². The lowest BCUT2D eigenvalue weighted by molar-refractivity contribution is -0.118. The van der Waals surface area contributed by atoms with Crippen molar-refractivity contribution in [3.63, 3.8) is 0 Å². The first-order chi connectivity index (χ1) is 14.9. The monoisotopic (exact) mass is 416 g/mol. The number of benzene rings is 3. The highest BCUT2D eigenvalue weighted by atomic mass is 16.5. The van der Waals surface area contributed by atoms with E-state index < -0.39 is 0 Å². The van der Waals surface area contributed by atoms with Gasteiger partial charge in [-0.25, -0.2) is 5.43 Å². The van der Waals surface area contributed by atoms with Gasteiger partial charge in [-0.2, -0.15) is 5.10 Å². The number of hydrogen-bond donors (Lipinski definition) is 3. The van der Waals surface area contributed by atoms with Crippen molar-refractivity contribution >= 4 is 28.9 Å². The first-order valence-electron chi connectivity index (χ1n) is 9.71. The van der Waals surface area contributed by atoms with Crippen molar-refractivity contribution in [3.05, 3.63) is 89.5 Å². The zero-order valence-electron chi connectivity index (χ0n) is 17.4. The summed E-state index contributed by atoms with van der Waals surface area (Å²) in [5, 5.41) is 6.96. The molecule has 4 N–H and O–H groups in total. The average molecular weight is 416 g/mol. The lowest BCUT2D eigenvalue weighted by Gasteiger charge is -2.10. The van der Waals surface area contributed by atoms with E-state index in [0.29, 0.717) is 22.7 Å². The number of nitrogen functional groups attached to an aromatic ring is 1. The Morgan fingerprint density at radius 2 is 1.58 bits per heavy atom. The van der Waals surface area contributed by atoms with Gasteiger partial charge in [0.2, 0.25) is 0 Å². The van der Waals surface area contributed by atoms with Crippen LogP contribution in [0.5, 0.6) is 5.75 Å². The first kappa shape index (κ1) is 21.6. The highest BCUT2D eigenvalue weighted by Crippen LogP contribution is 2.15. The van der Waals surface area contributed by atoms with Gasteiger partial charge in [-0.15, -0.1) is 0 Å². The second kappa shape index (κ2) is 10.1. The van der Waals surface area contributed by atoms with Gasteiger partial charge in [-0.3, -0.25) is 9.59 Å². The summed E-state index contributed by atoms with van der Waals surface area (Å²) in [5.74, 6) is 0.00265. The van der Waals surface area contributed by atoms with Gasteiger partial charge in [-0.05, 0) is 79.6 Å². The molecule has 0 radical (unpaired) electrons. The molecule has 0 aliphatic rings. The van der Waals surface area contributed by atoms with Gasteiger partial charge in [0, 0.05) is 16.9 Å².